The lowest BCUT2D eigenvalue weighted by Crippen LogP contribution is -2.27. The van der Waals surface area contributed by atoms with E-state index < -0.39 is 10.0 Å². The van der Waals surface area contributed by atoms with Gasteiger partial charge in [0.2, 0.25) is 16.0 Å². The van der Waals surface area contributed by atoms with E-state index >= 15 is 0 Å². The molecular weight excluding hydrogens is 454 g/mol. The molecule has 34 heavy (non-hydrogen) atoms. The van der Waals surface area contributed by atoms with Crippen LogP contribution in [0.5, 0.6) is 5.75 Å². The number of benzene rings is 2. The molecule has 1 aromatic heterocycles. The Morgan fingerprint density at radius 1 is 1.15 bits per heavy atom. The Morgan fingerprint density at radius 2 is 1.94 bits per heavy atom. The van der Waals surface area contributed by atoms with Gasteiger partial charge >= 0.3 is 0 Å². The second-order valence-electron chi connectivity index (χ2n) is 8.04. The molecule has 1 aliphatic rings. The number of nitriles is 1. The predicted octanol–water partition coefficient (Wildman–Crippen LogP) is 2.96. The average molecular weight is 480 g/mol. The van der Waals surface area contributed by atoms with Crippen LogP contribution < -0.4 is 14.8 Å². The topological polar surface area (TPSA) is 137 Å². The van der Waals surface area contributed by atoms with E-state index in [1.807, 2.05) is 6.07 Å². The standard InChI is InChI=1S/C24H25N5O4S/c25-14-20-13-19(5-8-23(20)33-15-17-1-2-17)22-9-10-26-24(29-22)28-21-6-3-18(4-7-21)16-34(31,32)27-11-12-30/h3-10,13,17,27,30H,1-2,11-12,15-16H2,(H,26,28,29). The first-order valence-corrected chi connectivity index (χ1v) is 12.6. The summed E-state index contributed by atoms with van der Waals surface area (Å²) in [7, 11) is -3.51. The van der Waals surface area contributed by atoms with Gasteiger partial charge < -0.3 is 15.2 Å². The van der Waals surface area contributed by atoms with Crippen LogP contribution in [0.15, 0.2) is 54.7 Å². The third-order valence-corrected chi connectivity index (χ3v) is 6.58. The van der Waals surface area contributed by atoms with E-state index in [0.717, 1.165) is 5.56 Å². The first kappa shape index (κ1) is 23.6. The molecule has 176 valence electrons. The molecule has 10 heteroatoms. The number of aliphatic hydroxyl groups excluding tert-OH is 1. The van der Waals surface area contributed by atoms with Crippen molar-refractivity contribution in [2.45, 2.75) is 18.6 Å². The van der Waals surface area contributed by atoms with Crippen molar-refractivity contribution in [3.63, 3.8) is 0 Å². The Labute approximate surface area is 198 Å². The summed E-state index contributed by atoms with van der Waals surface area (Å²) < 4.78 is 32.0. The van der Waals surface area contributed by atoms with Crippen molar-refractivity contribution in [3.05, 3.63) is 65.9 Å². The van der Waals surface area contributed by atoms with Crippen LogP contribution in [0.2, 0.25) is 0 Å². The average Bonchev–Trinajstić information content (AvgIpc) is 3.67. The lowest BCUT2D eigenvalue weighted by molar-refractivity contribution is 0.299. The number of sulfonamides is 1. The van der Waals surface area contributed by atoms with Gasteiger partial charge in [0.25, 0.3) is 0 Å². The van der Waals surface area contributed by atoms with Crippen LogP contribution in [0, 0.1) is 17.2 Å². The van der Waals surface area contributed by atoms with Crippen molar-refractivity contribution in [1.82, 2.24) is 14.7 Å². The predicted molar refractivity (Wildman–Crippen MR) is 128 cm³/mol. The van der Waals surface area contributed by atoms with Gasteiger partial charge in [-0.25, -0.2) is 23.1 Å². The summed E-state index contributed by atoms with van der Waals surface area (Å²) in [5.41, 5.74) is 3.20. The summed E-state index contributed by atoms with van der Waals surface area (Å²) in [6.45, 7) is 0.374. The largest absolute Gasteiger partial charge is 0.492 e. The van der Waals surface area contributed by atoms with Crippen molar-refractivity contribution in [2.75, 3.05) is 25.1 Å². The summed E-state index contributed by atoms with van der Waals surface area (Å²) in [4.78, 5) is 8.79. The second kappa shape index (κ2) is 10.6. The molecule has 1 aliphatic carbocycles. The SMILES string of the molecule is N#Cc1cc(-c2ccnc(Nc3ccc(CS(=O)(=O)NCCO)cc3)n2)ccc1OCC1CC1. The van der Waals surface area contributed by atoms with Crippen LogP contribution in [-0.4, -0.2) is 43.3 Å². The maximum atomic E-state index is 12.0. The Hall–Kier alpha value is -3.52. The zero-order valence-electron chi connectivity index (χ0n) is 18.4. The fourth-order valence-corrected chi connectivity index (χ4v) is 4.40. The van der Waals surface area contributed by atoms with Crippen molar-refractivity contribution < 1.29 is 18.3 Å². The number of hydrogen-bond donors (Lipinski definition) is 3. The molecule has 4 rings (SSSR count). The molecule has 0 radical (unpaired) electrons. The molecule has 1 heterocycles. The van der Waals surface area contributed by atoms with Gasteiger partial charge in [-0.05, 0) is 60.7 Å². The summed E-state index contributed by atoms with van der Waals surface area (Å²) in [6, 6.07) is 16.3. The zero-order chi connectivity index (χ0) is 24.0. The molecule has 2 aromatic carbocycles. The molecule has 0 bridgehead atoms. The van der Waals surface area contributed by atoms with Crippen LogP contribution in [0.4, 0.5) is 11.6 Å². The Morgan fingerprint density at radius 3 is 2.65 bits per heavy atom. The highest BCUT2D eigenvalue weighted by Crippen LogP contribution is 2.31. The van der Waals surface area contributed by atoms with E-state index in [0.29, 0.717) is 46.7 Å². The lowest BCUT2D eigenvalue weighted by atomic mass is 10.1. The van der Waals surface area contributed by atoms with Crippen molar-refractivity contribution in [1.29, 1.82) is 5.26 Å². The molecule has 1 fully saturated rings. The minimum atomic E-state index is -3.51. The quantitative estimate of drug-likeness (QED) is 0.382. The van der Waals surface area contributed by atoms with E-state index in [9.17, 15) is 13.7 Å². The van der Waals surface area contributed by atoms with Gasteiger partial charge in [-0.2, -0.15) is 5.26 Å². The number of rotatable bonds is 11. The molecule has 3 aromatic rings. The van der Waals surface area contributed by atoms with Gasteiger partial charge in [-0.15, -0.1) is 0 Å². The summed E-state index contributed by atoms with van der Waals surface area (Å²) in [5.74, 6) is 1.37. The van der Waals surface area contributed by atoms with Crippen LogP contribution in [0.3, 0.4) is 0 Å². The number of anilines is 2. The van der Waals surface area contributed by atoms with Crippen molar-refractivity contribution in [2.24, 2.45) is 5.92 Å². The number of nitrogens with zero attached hydrogens (tertiary/aromatic N) is 3. The van der Waals surface area contributed by atoms with E-state index in [1.165, 1.54) is 12.8 Å². The number of aliphatic hydroxyl groups is 1. The minimum absolute atomic E-state index is 0.0122. The number of nitrogens with one attached hydrogen (secondary N) is 2. The van der Waals surface area contributed by atoms with Gasteiger partial charge in [0.15, 0.2) is 0 Å². The van der Waals surface area contributed by atoms with Crippen LogP contribution in [0.1, 0.15) is 24.0 Å². The third-order valence-electron chi connectivity index (χ3n) is 5.22. The highest BCUT2D eigenvalue weighted by Gasteiger charge is 2.22. The second-order valence-corrected chi connectivity index (χ2v) is 9.85. The molecule has 0 saturated heterocycles. The number of ether oxygens (including phenoxy) is 1. The molecule has 0 unspecified atom stereocenters. The van der Waals surface area contributed by atoms with Gasteiger partial charge in [0.05, 0.1) is 30.2 Å². The van der Waals surface area contributed by atoms with Crippen LogP contribution in [0.25, 0.3) is 11.3 Å². The summed E-state index contributed by atoms with van der Waals surface area (Å²) >= 11 is 0. The number of aromatic nitrogens is 2. The van der Waals surface area contributed by atoms with Crippen molar-refractivity contribution >= 4 is 21.7 Å². The van der Waals surface area contributed by atoms with Gasteiger partial charge in [0.1, 0.15) is 11.8 Å². The molecule has 9 nitrogen and oxygen atoms in total. The Balaban J connectivity index is 1.44. The smallest absolute Gasteiger partial charge is 0.227 e. The molecule has 0 spiro atoms. The highest BCUT2D eigenvalue weighted by atomic mass is 32.2. The molecule has 1 saturated carbocycles. The maximum absolute atomic E-state index is 12.0. The first-order valence-electron chi connectivity index (χ1n) is 10.9. The molecule has 0 amide bonds. The first-order chi connectivity index (χ1) is 16.5. The third kappa shape index (κ3) is 6.51. The lowest BCUT2D eigenvalue weighted by Gasteiger charge is -2.10. The van der Waals surface area contributed by atoms with Crippen molar-refractivity contribution in [3.8, 4) is 23.1 Å². The van der Waals surface area contributed by atoms with Gasteiger partial charge in [0, 0.05) is 24.0 Å². The maximum Gasteiger partial charge on any atom is 0.227 e. The number of hydrogen-bond acceptors (Lipinski definition) is 8. The highest BCUT2D eigenvalue weighted by molar-refractivity contribution is 7.88. The fourth-order valence-electron chi connectivity index (χ4n) is 3.26. The fraction of sp³-hybridized carbons (Fsp3) is 0.292. The monoisotopic (exact) mass is 479 g/mol. The Bertz CT molecular complexity index is 1290. The van der Waals surface area contributed by atoms with Crippen LogP contribution in [-0.2, 0) is 15.8 Å². The normalized spacial score (nSPS) is 13.3. The van der Waals surface area contributed by atoms with Gasteiger partial charge in [-0.3, -0.25) is 0 Å². The minimum Gasteiger partial charge on any atom is -0.492 e. The zero-order valence-corrected chi connectivity index (χ0v) is 19.3. The van der Waals surface area contributed by atoms with Gasteiger partial charge in [-0.1, -0.05) is 12.1 Å². The van der Waals surface area contributed by atoms with E-state index in [-0.39, 0.29) is 18.9 Å². The van der Waals surface area contributed by atoms with Crippen LogP contribution >= 0.6 is 0 Å². The summed E-state index contributed by atoms with van der Waals surface area (Å²) in [5, 5.41) is 21.4. The molecule has 3 N–H and O–H groups in total. The molecular formula is C24H25N5O4S. The van der Waals surface area contributed by atoms with E-state index in [1.54, 1.807) is 48.7 Å². The summed E-state index contributed by atoms with van der Waals surface area (Å²) in [6.07, 6.45) is 3.99. The Kier molecular flexibility index (Phi) is 7.37. The molecule has 0 atom stereocenters. The molecule has 0 aliphatic heterocycles. The van der Waals surface area contributed by atoms with E-state index in [4.69, 9.17) is 9.84 Å². The van der Waals surface area contributed by atoms with E-state index in [2.05, 4.69) is 26.1 Å².